The lowest BCUT2D eigenvalue weighted by Crippen LogP contribution is -1.85. The minimum absolute atomic E-state index is 0.00393. The summed E-state index contributed by atoms with van der Waals surface area (Å²) in [4.78, 5) is 4.23. The fourth-order valence-corrected chi connectivity index (χ4v) is 2.17. The number of rotatable bonds is 1. The van der Waals surface area contributed by atoms with Crippen molar-refractivity contribution >= 4 is 40.0 Å². The van der Waals surface area contributed by atoms with Gasteiger partial charge in [-0.2, -0.15) is 0 Å². The lowest BCUT2D eigenvalue weighted by atomic mass is 10.2. The number of hydrogen-bond acceptors (Lipinski definition) is 3. The van der Waals surface area contributed by atoms with E-state index in [0.29, 0.717) is 33.3 Å². The molecule has 0 saturated carbocycles. The summed E-state index contributed by atoms with van der Waals surface area (Å²) < 4.78 is 18.8. The number of halogens is 3. The second-order valence-electron chi connectivity index (χ2n) is 3.99. The minimum Gasteiger partial charge on any atom is -0.436 e. The summed E-state index contributed by atoms with van der Waals surface area (Å²) in [6.07, 6.45) is 0. The van der Waals surface area contributed by atoms with Gasteiger partial charge in [-0.15, -0.1) is 0 Å². The Kier molecular flexibility index (Phi) is 2.84. The molecule has 3 aromatic rings. The molecule has 3 rings (SSSR count). The Bertz CT molecular complexity index is 747. The van der Waals surface area contributed by atoms with Gasteiger partial charge in [0, 0.05) is 11.8 Å². The van der Waals surface area contributed by atoms with E-state index in [1.807, 2.05) is 0 Å². The quantitative estimate of drug-likeness (QED) is 0.672. The van der Waals surface area contributed by atoms with Crippen molar-refractivity contribution in [3.05, 3.63) is 46.2 Å². The topological polar surface area (TPSA) is 52.0 Å². The van der Waals surface area contributed by atoms with Crippen LogP contribution in [-0.2, 0) is 0 Å². The van der Waals surface area contributed by atoms with Crippen molar-refractivity contribution in [2.45, 2.75) is 0 Å². The van der Waals surface area contributed by atoms with Gasteiger partial charge < -0.3 is 10.2 Å². The van der Waals surface area contributed by atoms with Gasteiger partial charge >= 0.3 is 0 Å². The molecule has 0 aliphatic rings. The average molecular weight is 297 g/mol. The molecule has 3 nitrogen and oxygen atoms in total. The third-order valence-electron chi connectivity index (χ3n) is 2.65. The molecule has 0 bridgehead atoms. The van der Waals surface area contributed by atoms with Gasteiger partial charge in [0.05, 0.1) is 15.6 Å². The van der Waals surface area contributed by atoms with Crippen LogP contribution in [0.1, 0.15) is 0 Å². The van der Waals surface area contributed by atoms with Gasteiger partial charge in [0.1, 0.15) is 11.3 Å². The SMILES string of the molecule is Nc1ccc(-c2nc3cc(Cl)c(F)cc3o2)c(Cl)c1. The molecule has 0 atom stereocenters. The van der Waals surface area contributed by atoms with E-state index >= 15 is 0 Å². The molecule has 96 valence electrons. The van der Waals surface area contributed by atoms with E-state index in [1.165, 1.54) is 12.1 Å². The highest BCUT2D eigenvalue weighted by Crippen LogP contribution is 2.32. The van der Waals surface area contributed by atoms with E-state index in [9.17, 15) is 4.39 Å². The molecule has 19 heavy (non-hydrogen) atoms. The molecular weight excluding hydrogens is 290 g/mol. The Hall–Kier alpha value is -1.78. The van der Waals surface area contributed by atoms with Crippen LogP contribution in [0.3, 0.4) is 0 Å². The fraction of sp³-hybridized carbons (Fsp3) is 0. The van der Waals surface area contributed by atoms with Crippen molar-refractivity contribution < 1.29 is 8.81 Å². The van der Waals surface area contributed by atoms with Crippen molar-refractivity contribution in [2.24, 2.45) is 0 Å². The maximum atomic E-state index is 13.3. The third kappa shape index (κ3) is 2.13. The van der Waals surface area contributed by atoms with Gasteiger partial charge in [0.25, 0.3) is 0 Å². The van der Waals surface area contributed by atoms with Crippen LogP contribution in [0.5, 0.6) is 0 Å². The zero-order valence-corrected chi connectivity index (χ0v) is 11.0. The maximum Gasteiger partial charge on any atom is 0.228 e. The Morgan fingerprint density at radius 3 is 2.63 bits per heavy atom. The van der Waals surface area contributed by atoms with E-state index in [2.05, 4.69) is 4.98 Å². The van der Waals surface area contributed by atoms with E-state index in [-0.39, 0.29) is 5.02 Å². The molecule has 0 amide bonds. The maximum absolute atomic E-state index is 13.3. The lowest BCUT2D eigenvalue weighted by Gasteiger charge is -1.99. The van der Waals surface area contributed by atoms with Gasteiger partial charge in [-0.1, -0.05) is 23.2 Å². The van der Waals surface area contributed by atoms with Crippen LogP contribution in [-0.4, -0.2) is 4.98 Å². The van der Waals surface area contributed by atoms with Gasteiger partial charge in [-0.3, -0.25) is 0 Å². The van der Waals surface area contributed by atoms with E-state index in [4.69, 9.17) is 33.4 Å². The van der Waals surface area contributed by atoms with Crippen LogP contribution < -0.4 is 5.73 Å². The van der Waals surface area contributed by atoms with Crippen LogP contribution >= 0.6 is 23.2 Å². The monoisotopic (exact) mass is 296 g/mol. The smallest absolute Gasteiger partial charge is 0.228 e. The van der Waals surface area contributed by atoms with Crippen molar-refractivity contribution in [2.75, 3.05) is 5.73 Å². The van der Waals surface area contributed by atoms with Crippen LogP contribution in [0.15, 0.2) is 34.7 Å². The Morgan fingerprint density at radius 2 is 1.89 bits per heavy atom. The molecule has 2 N–H and O–H groups in total. The standard InChI is InChI=1S/C13H7Cl2FN2O/c14-8-3-6(17)1-2-7(8)13-18-11-4-9(15)10(16)5-12(11)19-13/h1-5H,17H2. The first-order valence-corrected chi connectivity index (χ1v) is 6.11. The summed E-state index contributed by atoms with van der Waals surface area (Å²) in [6, 6.07) is 7.58. The molecule has 0 fully saturated rings. The normalized spacial score (nSPS) is 11.1. The summed E-state index contributed by atoms with van der Waals surface area (Å²) in [6.45, 7) is 0. The number of aromatic nitrogens is 1. The molecule has 2 aromatic carbocycles. The van der Waals surface area contributed by atoms with Crippen LogP contribution in [0.2, 0.25) is 10.0 Å². The van der Waals surface area contributed by atoms with Gasteiger partial charge in [0.15, 0.2) is 5.58 Å². The minimum atomic E-state index is -0.555. The third-order valence-corrected chi connectivity index (χ3v) is 3.26. The molecule has 0 spiro atoms. The van der Waals surface area contributed by atoms with Crippen LogP contribution in [0.4, 0.5) is 10.1 Å². The zero-order valence-electron chi connectivity index (χ0n) is 9.45. The van der Waals surface area contributed by atoms with Crippen LogP contribution in [0, 0.1) is 5.82 Å². The largest absolute Gasteiger partial charge is 0.436 e. The highest BCUT2D eigenvalue weighted by molar-refractivity contribution is 6.33. The highest BCUT2D eigenvalue weighted by atomic mass is 35.5. The highest BCUT2D eigenvalue weighted by Gasteiger charge is 2.13. The average Bonchev–Trinajstić information content (AvgIpc) is 2.72. The van der Waals surface area contributed by atoms with E-state index < -0.39 is 5.82 Å². The molecule has 6 heteroatoms. The molecule has 0 radical (unpaired) electrons. The molecule has 0 aliphatic heterocycles. The van der Waals surface area contributed by atoms with Crippen molar-refractivity contribution in [1.29, 1.82) is 0 Å². The first-order chi connectivity index (χ1) is 9.04. The molecular formula is C13H7Cl2FN2O. The van der Waals surface area contributed by atoms with Gasteiger partial charge in [0.2, 0.25) is 5.89 Å². The number of anilines is 1. The molecule has 0 unspecified atom stereocenters. The Labute approximate surface area is 117 Å². The number of benzene rings is 2. The molecule has 1 heterocycles. The second-order valence-corrected chi connectivity index (χ2v) is 4.81. The predicted molar refractivity (Wildman–Crippen MR) is 73.8 cm³/mol. The second kappa shape index (κ2) is 4.40. The van der Waals surface area contributed by atoms with Crippen molar-refractivity contribution in [3.8, 4) is 11.5 Å². The summed E-state index contributed by atoms with van der Waals surface area (Å²) in [7, 11) is 0. The number of oxazole rings is 1. The molecule has 0 saturated heterocycles. The van der Waals surface area contributed by atoms with Gasteiger partial charge in [-0.25, -0.2) is 9.37 Å². The van der Waals surface area contributed by atoms with Gasteiger partial charge in [-0.05, 0) is 24.3 Å². The number of hydrogen-bond donors (Lipinski definition) is 1. The molecule has 1 aromatic heterocycles. The number of nitrogens with two attached hydrogens (primary N) is 1. The first-order valence-electron chi connectivity index (χ1n) is 5.35. The van der Waals surface area contributed by atoms with Crippen molar-refractivity contribution in [3.63, 3.8) is 0 Å². The lowest BCUT2D eigenvalue weighted by molar-refractivity contribution is 0.602. The summed E-state index contributed by atoms with van der Waals surface area (Å²) in [5.41, 5.74) is 7.52. The summed E-state index contributed by atoms with van der Waals surface area (Å²) in [5.74, 6) is -0.262. The number of fused-ring (bicyclic) bond motifs is 1. The van der Waals surface area contributed by atoms with Crippen LogP contribution in [0.25, 0.3) is 22.6 Å². The number of nitrogen functional groups attached to an aromatic ring is 1. The van der Waals surface area contributed by atoms with E-state index in [1.54, 1.807) is 18.2 Å². The summed E-state index contributed by atoms with van der Waals surface area (Å²) in [5, 5.41) is 0.411. The first kappa shape index (κ1) is 12.3. The number of nitrogens with zero attached hydrogens (tertiary/aromatic N) is 1. The van der Waals surface area contributed by atoms with Crippen molar-refractivity contribution in [1.82, 2.24) is 4.98 Å². The summed E-state index contributed by atoms with van der Waals surface area (Å²) >= 11 is 11.8. The Morgan fingerprint density at radius 1 is 1.11 bits per heavy atom. The van der Waals surface area contributed by atoms with E-state index in [0.717, 1.165) is 0 Å². The predicted octanol–water partition coefficient (Wildman–Crippen LogP) is 4.52. The zero-order chi connectivity index (χ0) is 13.6. The Balaban J connectivity index is 2.20. The fourth-order valence-electron chi connectivity index (χ4n) is 1.74. The molecule has 0 aliphatic carbocycles.